The zero-order valence-corrected chi connectivity index (χ0v) is 16.8. The monoisotopic (exact) mass is 376 g/mol. The van der Waals surface area contributed by atoms with Gasteiger partial charge in [-0.25, -0.2) is 4.79 Å². The molecule has 0 unspecified atom stereocenters. The molecule has 7 nitrogen and oxygen atoms in total. The lowest BCUT2D eigenvalue weighted by Crippen LogP contribution is -2.69. The maximum absolute atomic E-state index is 12.3. The zero-order valence-electron chi connectivity index (χ0n) is 16.0. The van der Waals surface area contributed by atoms with Crippen molar-refractivity contribution in [3.63, 3.8) is 0 Å². The molecule has 0 aromatic rings. The van der Waals surface area contributed by atoms with Gasteiger partial charge in [0.05, 0.1) is 25.4 Å². The average Bonchev–Trinajstić information content (AvgIpc) is 2.48. The van der Waals surface area contributed by atoms with Gasteiger partial charge in [0.25, 0.3) is 0 Å². The minimum atomic E-state index is -0.550. The van der Waals surface area contributed by atoms with E-state index >= 15 is 0 Å². The van der Waals surface area contributed by atoms with E-state index in [0.29, 0.717) is 32.8 Å². The number of nitrogens with one attached hydrogen (secondary N) is 2. The number of amides is 1. The van der Waals surface area contributed by atoms with E-state index in [1.165, 1.54) is 0 Å². The van der Waals surface area contributed by atoms with Gasteiger partial charge in [-0.2, -0.15) is 11.8 Å². The molecule has 1 fully saturated rings. The van der Waals surface area contributed by atoms with Crippen LogP contribution in [0.1, 0.15) is 40.5 Å². The van der Waals surface area contributed by atoms with Crippen molar-refractivity contribution in [3.05, 3.63) is 0 Å². The lowest BCUT2D eigenvalue weighted by atomic mass is 9.95. The maximum Gasteiger partial charge on any atom is 0.407 e. The third kappa shape index (κ3) is 8.29. The summed E-state index contributed by atoms with van der Waals surface area (Å²) in [4.78, 5) is 24.2. The second-order valence-corrected chi connectivity index (χ2v) is 8.26. The van der Waals surface area contributed by atoms with Gasteiger partial charge >= 0.3 is 12.1 Å². The molecule has 0 aliphatic carbocycles. The molecule has 0 spiro atoms. The molecule has 0 aromatic carbocycles. The Morgan fingerprint density at radius 1 is 1.32 bits per heavy atom. The number of hydrogen-bond donors (Lipinski definition) is 2. The number of carbonyl (C=O) groups excluding carboxylic acids is 2. The minimum absolute atomic E-state index is 0.251. The number of carbonyl (C=O) groups is 2. The van der Waals surface area contributed by atoms with Crippen LogP contribution >= 0.6 is 11.8 Å². The lowest BCUT2D eigenvalue weighted by Gasteiger charge is -2.44. The molecule has 1 rings (SSSR count). The Morgan fingerprint density at radius 2 is 2.00 bits per heavy atom. The highest BCUT2D eigenvalue weighted by molar-refractivity contribution is 7.98. The summed E-state index contributed by atoms with van der Waals surface area (Å²) >= 11 is 1.68. The Kier molecular flexibility index (Phi) is 9.02. The minimum Gasteiger partial charge on any atom is -0.465 e. The van der Waals surface area contributed by atoms with Crippen LogP contribution in [0.2, 0.25) is 0 Å². The van der Waals surface area contributed by atoms with Crippen LogP contribution in [-0.2, 0) is 19.0 Å². The SMILES string of the molecule is CCCOC(=O)[C@H](CCSC)NC1(CNC(=O)OC(C)(C)C)COC1. The van der Waals surface area contributed by atoms with Gasteiger partial charge in [0.1, 0.15) is 11.6 Å². The highest BCUT2D eigenvalue weighted by Gasteiger charge is 2.42. The molecule has 25 heavy (non-hydrogen) atoms. The molecule has 2 N–H and O–H groups in total. The standard InChI is InChI=1S/C17H32N2O5S/c1-6-8-23-14(20)13(7-9-25-5)19-17(11-22-12-17)10-18-15(21)24-16(2,3)4/h13,19H,6-12H2,1-5H3,(H,18,21)/t13-/m0/s1. The molecule has 0 aromatic heterocycles. The van der Waals surface area contributed by atoms with E-state index in [1.807, 2.05) is 34.0 Å². The first-order valence-electron chi connectivity index (χ1n) is 8.69. The molecule has 1 heterocycles. The Balaban J connectivity index is 2.61. The smallest absolute Gasteiger partial charge is 0.407 e. The van der Waals surface area contributed by atoms with Crippen molar-refractivity contribution in [1.29, 1.82) is 0 Å². The van der Waals surface area contributed by atoms with E-state index in [1.54, 1.807) is 11.8 Å². The molecular formula is C17H32N2O5S. The third-order valence-corrected chi connectivity index (χ3v) is 4.19. The number of alkyl carbamates (subject to hydrolysis) is 1. The molecule has 1 amide bonds. The molecular weight excluding hydrogens is 344 g/mol. The van der Waals surface area contributed by atoms with Crippen LogP contribution in [-0.4, -0.2) is 67.6 Å². The first-order valence-corrected chi connectivity index (χ1v) is 10.1. The highest BCUT2D eigenvalue weighted by atomic mass is 32.2. The fraction of sp³-hybridized carbons (Fsp3) is 0.882. The summed E-state index contributed by atoms with van der Waals surface area (Å²) < 4.78 is 15.9. The first kappa shape index (κ1) is 22.1. The van der Waals surface area contributed by atoms with E-state index in [9.17, 15) is 9.59 Å². The van der Waals surface area contributed by atoms with Crippen molar-refractivity contribution in [1.82, 2.24) is 10.6 Å². The molecule has 1 aliphatic heterocycles. The normalized spacial score (nSPS) is 17.3. The number of thioether (sulfide) groups is 1. The summed E-state index contributed by atoms with van der Waals surface area (Å²) in [6.45, 7) is 9.01. The van der Waals surface area contributed by atoms with Crippen molar-refractivity contribution in [2.75, 3.05) is 38.4 Å². The van der Waals surface area contributed by atoms with Crippen molar-refractivity contribution in [2.45, 2.75) is 57.7 Å². The van der Waals surface area contributed by atoms with Gasteiger partial charge in [0.2, 0.25) is 0 Å². The predicted octanol–water partition coefficient (Wildman–Crippen LogP) is 1.94. The lowest BCUT2D eigenvalue weighted by molar-refractivity contribution is -0.149. The van der Waals surface area contributed by atoms with E-state index in [-0.39, 0.29) is 5.97 Å². The molecule has 1 atom stereocenters. The predicted molar refractivity (Wildman–Crippen MR) is 99.0 cm³/mol. The summed E-state index contributed by atoms with van der Waals surface area (Å²) in [6, 6.07) is -0.414. The summed E-state index contributed by atoms with van der Waals surface area (Å²) in [5, 5.41) is 6.11. The Morgan fingerprint density at radius 3 is 2.48 bits per heavy atom. The third-order valence-electron chi connectivity index (χ3n) is 3.55. The number of rotatable bonds is 10. The molecule has 1 aliphatic rings. The second kappa shape index (κ2) is 10.2. The van der Waals surface area contributed by atoms with Gasteiger partial charge in [-0.15, -0.1) is 0 Å². The van der Waals surface area contributed by atoms with Crippen molar-refractivity contribution in [2.24, 2.45) is 0 Å². The Bertz CT molecular complexity index is 435. The van der Waals surface area contributed by atoms with Crippen molar-refractivity contribution in [3.8, 4) is 0 Å². The fourth-order valence-corrected chi connectivity index (χ4v) is 2.77. The summed E-state index contributed by atoms with van der Waals surface area (Å²) in [5.41, 5.74) is -1.02. The van der Waals surface area contributed by atoms with Gasteiger partial charge in [0.15, 0.2) is 0 Å². The van der Waals surface area contributed by atoms with E-state index in [2.05, 4.69) is 10.6 Å². The zero-order chi connectivity index (χ0) is 18.9. The Labute approximate surface area is 154 Å². The van der Waals surface area contributed by atoms with Gasteiger partial charge in [0, 0.05) is 6.54 Å². The van der Waals surface area contributed by atoms with Crippen LogP contribution in [0.15, 0.2) is 0 Å². The van der Waals surface area contributed by atoms with Crippen LogP contribution in [0.4, 0.5) is 4.79 Å². The van der Waals surface area contributed by atoms with E-state index in [4.69, 9.17) is 14.2 Å². The molecule has 8 heteroatoms. The Hall–Kier alpha value is -0.990. The maximum atomic E-state index is 12.3. The number of esters is 1. The van der Waals surface area contributed by atoms with Gasteiger partial charge in [-0.3, -0.25) is 10.1 Å². The van der Waals surface area contributed by atoms with Gasteiger partial charge < -0.3 is 19.5 Å². The van der Waals surface area contributed by atoms with E-state index < -0.39 is 23.3 Å². The highest BCUT2D eigenvalue weighted by Crippen LogP contribution is 2.19. The van der Waals surface area contributed by atoms with Crippen molar-refractivity contribution < 1.29 is 23.8 Å². The van der Waals surface area contributed by atoms with Crippen LogP contribution in [0.25, 0.3) is 0 Å². The quantitative estimate of drug-likeness (QED) is 0.564. The van der Waals surface area contributed by atoms with E-state index in [0.717, 1.165) is 12.2 Å². The van der Waals surface area contributed by atoms with Crippen LogP contribution in [0.3, 0.4) is 0 Å². The van der Waals surface area contributed by atoms with Gasteiger partial charge in [-0.1, -0.05) is 6.92 Å². The molecule has 146 valence electrons. The fourth-order valence-electron chi connectivity index (χ4n) is 2.30. The van der Waals surface area contributed by atoms with Crippen LogP contribution < -0.4 is 10.6 Å². The van der Waals surface area contributed by atoms with Crippen LogP contribution in [0, 0.1) is 0 Å². The molecule has 0 bridgehead atoms. The molecule has 1 saturated heterocycles. The van der Waals surface area contributed by atoms with Gasteiger partial charge in [-0.05, 0) is 45.6 Å². The first-order chi connectivity index (χ1) is 11.7. The molecule has 0 saturated carbocycles. The summed E-state index contributed by atoms with van der Waals surface area (Å²) in [6.07, 6.45) is 2.98. The largest absolute Gasteiger partial charge is 0.465 e. The number of hydrogen-bond acceptors (Lipinski definition) is 7. The topological polar surface area (TPSA) is 85.9 Å². The average molecular weight is 377 g/mol. The molecule has 0 radical (unpaired) electrons. The van der Waals surface area contributed by atoms with Crippen LogP contribution in [0.5, 0.6) is 0 Å². The number of ether oxygens (including phenoxy) is 3. The summed E-state index contributed by atoms with van der Waals surface area (Å²) in [5.74, 6) is 0.592. The van der Waals surface area contributed by atoms with Crippen molar-refractivity contribution >= 4 is 23.8 Å². The second-order valence-electron chi connectivity index (χ2n) is 7.27. The summed E-state index contributed by atoms with van der Waals surface area (Å²) in [7, 11) is 0.